The molecule has 5 rings (SSSR count). The van der Waals surface area contributed by atoms with Crippen LogP contribution in [0.2, 0.25) is 0 Å². The van der Waals surface area contributed by atoms with Gasteiger partial charge in [-0.2, -0.15) is 0 Å². The number of fused-ring (bicyclic) bond motifs is 1. The Morgan fingerprint density at radius 2 is 1.82 bits per heavy atom. The summed E-state index contributed by atoms with van der Waals surface area (Å²) >= 11 is 1.24. The molecule has 0 spiro atoms. The van der Waals surface area contributed by atoms with Crippen molar-refractivity contribution in [3.05, 3.63) is 99.9 Å². The van der Waals surface area contributed by atoms with Crippen LogP contribution in [-0.4, -0.2) is 28.5 Å². The third-order valence-electron chi connectivity index (χ3n) is 5.82. The standard InChI is InChI=1S/C27H21NO5S/c1-2-33-21-15-17(12-13-20(21)29)24-23(25(30)22-11-6-14-34-22)26(31)27(32)28(24)19-10-5-8-16-7-3-4-9-18(16)19/h3-15,24,29,31H,2H2,1H3. The number of phenols is 1. The Bertz CT molecular complexity index is 1440. The zero-order valence-corrected chi connectivity index (χ0v) is 19.1. The first-order valence-corrected chi connectivity index (χ1v) is 11.7. The zero-order chi connectivity index (χ0) is 23.8. The minimum absolute atomic E-state index is 0.00600. The van der Waals surface area contributed by atoms with Gasteiger partial charge in [0.15, 0.2) is 17.3 Å². The molecule has 0 saturated heterocycles. The van der Waals surface area contributed by atoms with Crippen molar-refractivity contribution in [2.75, 3.05) is 11.5 Å². The van der Waals surface area contributed by atoms with Crippen molar-refractivity contribution in [3.8, 4) is 11.5 Å². The molecule has 1 aliphatic rings. The number of thiophene rings is 1. The third-order valence-corrected chi connectivity index (χ3v) is 6.69. The fourth-order valence-corrected chi connectivity index (χ4v) is 5.01. The highest BCUT2D eigenvalue weighted by Crippen LogP contribution is 2.45. The number of nitrogens with zero attached hydrogens (tertiary/aromatic N) is 1. The number of ether oxygens (including phenoxy) is 1. The number of anilines is 1. The maximum atomic E-state index is 13.5. The van der Waals surface area contributed by atoms with E-state index in [1.165, 1.54) is 22.3 Å². The summed E-state index contributed by atoms with van der Waals surface area (Å²) in [6.45, 7) is 2.13. The second kappa shape index (κ2) is 8.68. The van der Waals surface area contributed by atoms with Gasteiger partial charge in [-0.25, -0.2) is 0 Å². The lowest BCUT2D eigenvalue weighted by atomic mass is 9.94. The molecule has 0 aliphatic carbocycles. The average Bonchev–Trinajstić information content (AvgIpc) is 3.47. The second-order valence-corrected chi connectivity index (χ2v) is 8.75. The minimum atomic E-state index is -0.910. The number of phenolic OH excluding ortho intramolecular Hbond substituents is 1. The minimum Gasteiger partial charge on any atom is -0.504 e. The number of carbonyl (C=O) groups is 2. The number of hydrogen-bond donors (Lipinski definition) is 2. The first-order chi connectivity index (χ1) is 16.5. The molecule has 1 atom stereocenters. The largest absolute Gasteiger partial charge is 0.504 e. The number of amides is 1. The van der Waals surface area contributed by atoms with Crippen LogP contribution in [0.1, 0.15) is 28.2 Å². The van der Waals surface area contributed by atoms with Gasteiger partial charge in [0.1, 0.15) is 0 Å². The van der Waals surface area contributed by atoms with Crippen molar-refractivity contribution >= 4 is 39.5 Å². The van der Waals surface area contributed by atoms with Gasteiger partial charge < -0.3 is 14.9 Å². The van der Waals surface area contributed by atoms with Crippen LogP contribution in [0.5, 0.6) is 11.5 Å². The highest BCUT2D eigenvalue weighted by Gasteiger charge is 2.45. The van der Waals surface area contributed by atoms with E-state index in [9.17, 15) is 19.8 Å². The molecule has 0 fully saturated rings. The summed E-state index contributed by atoms with van der Waals surface area (Å²) in [4.78, 5) is 28.8. The molecule has 34 heavy (non-hydrogen) atoms. The van der Waals surface area contributed by atoms with Crippen LogP contribution in [-0.2, 0) is 4.79 Å². The van der Waals surface area contributed by atoms with Gasteiger partial charge in [-0.05, 0) is 47.5 Å². The summed E-state index contributed by atoms with van der Waals surface area (Å²) in [6.07, 6.45) is 0. The lowest BCUT2D eigenvalue weighted by Crippen LogP contribution is -2.31. The van der Waals surface area contributed by atoms with E-state index in [1.54, 1.807) is 42.6 Å². The molecule has 6 nitrogen and oxygen atoms in total. The summed E-state index contributed by atoms with van der Waals surface area (Å²) in [5, 5.41) is 24.7. The number of carbonyl (C=O) groups excluding carboxylic acids is 2. The molecule has 2 heterocycles. The summed E-state index contributed by atoms with van der Waals surface area (Å²) in [5.41, 5.74) is 1.10. The monoisotopic (exact) mass is 471 g/mol. The van der Waals surface area contributed by atoms with Crippen LogP contribution in [0, 0.1) is 0 Å². The fourth-order valence-electron chi connectivity index (χ4n) is 4.33. The molecule has 1 amide bonds. The van der Waals surface area contributed by atoms with Crippen molar-refractivity contribution in [2.24, 2.45) is 0 Å². The van der Waals surface area contributed by atoms with Gasteiger partial charge in [-0.3, -0.25) is 14.5 Å². The number of aliphatic hydroxyl groups is 1. The van der Waals surface area contributed by atoms with Crippen molar-refractivity contribution in [1.82, 2.24) is 0 Å². The van der Waals surface area contributed by atoms with Crippen LogP contribution < -0.4 is 9.64 Å². The van der Waals surface area contributed by atoms with E-state index in [4.69, 9.17) is 4.74 Å². The number of ketones is 1. The number of aromatic hydroxyl groups is 1. The molecule has 4 aromatic rings. The van der Waals surface area contributed by atoms with Crippen LogP contribution >= 0.6 is 11.3 Å². The Morgan fingerprint density at radius 1 is 1.03 bits per heavy atom. The van der Waals surface area contributed by atoms with Gasteiger partial charge in [0.25, 0.3) is 5.91 Å². The first kappa shape index (κ1) is 21.7. The van der Waals surface area contributed by atoms with E-state index in [-0.39, 0.29) is 17.1 Å². The molecule has 1 unspecified atom stereocenters. The lowest BCUT2D eigenvalue weighted by Gasteiger charge is -2.28. The topological polar surface area (TPSA) is 87.1 Å². The van der Waals surface area contributed by atoms with E-state index >= 15 is 0 Å². The summed E-state index contributed by atoms with van der Waals surface area (Å²) in [6, 6.07) is 20.4. The van der Waals surface area contributed by atoms with Crippen molar-refractivity contribution in [2.45, 2.75) is 13.0 Å². The fraction of sp³-hybridized carbons (Fsp3) is 0.111. The van der Waals surface area contributed by atoms with Gasteiger partial charge >= 0.3 is 0 Å². The van der Waals surface area contributed by atoms with Gasteiger partial charge in [0, 0.05) is 5.39 Å². The van der Waals surface area contributed by atoms with E-state index in [1.807, 2.05) is 36.4 Å². The lowest BCUT2D eigenvalue weighted by molar-refractivity contribution is -0.117. The van der Waals surface area contributed by atoms with Crippen LogP contribution in [0.4, 0.5) is 5.69 Å². The van der Waals surface area contributed by atoms with Gasteiger partial charge in [0.05, 0.1) is 28.8 Å². The van der Waals surface area contributed by atoms with Gasteiger partial charge in [-0.1, -0.05) is 48.5 Å². The number of benzene rings is 3. The molecule has 7 heteroatoms. The summed E-state index contributed by atoms with van der Waals surface area (Å²) in [7, 11) is 0. The maximum absolute atomic E-state index is 13.5. The molecule has 170 valence electrons. The van der Waals surface area contributed by atoms with Crippen molar-refractivity contribution < 1.29 is 24.5 Å². The maximum Gasteiger partial charge on any atom is 0.294 e. The molecule has 0 bridgehead atoms. The van der Waals surface area contributed by atoms with E-state index in [2.05, 4.69) is 0 Å². The number of aliphatic hydroxyl groups excluding tert-OH is 1. The van der Waals surface area contributed by atoms with Gasteiger partial charge in [-0.15, -0.1) is 11.3 Å². The van der Waals surface area contributed by atoms with Crippen LogP contribution in [0.3, 0.4) is 0 Å². The highest BCUT2D eigenvalue weighted by molar-refractivity contribution is 7.12. The Morgan fingerprint density at radius 3 is 2.59 bits per heavy atom. The molecular weight excluding hydrogens is 450 g/mol. The average molecular weight is 472 g/mol. The molecule has 1 aromatic heterocycles. The van der Waals surface area contributed by atoms with E-state index in [0.29, 0.717) is 22.7 Å². The predicted octanol–water partition coefficient (Wildman–Crippen LogP) is 5.79. The van der Waals surface area contributed by atoms with E-state index in [0.717, 1.165) is 10.8 Å². The van der Waals surface area contributed by atoms with E-state index < -0.39 is 23.5 Å². The SMILES string of the molecule is CCOc1cc(C2C(C(=O)c3cccs3)=C(O)C(=O)N2c2cccc3ccccc23)ccc1O. The summed E-state index contributed by atoms with van der Waals surface area (Å²) in [5.74, 6) is -1.47. The predicted molar refractivity (Wildman–Crippen MR) is 132 cm³/mol. The molecular formula is C27H21NO5S. The zero-order valence-electron chi connectivity index (χ0n) is 18.3. The Labute approximate surface area is 200 Å². The van der Waals surface area contributed by atoms with Gasteiger partial charge in [0.2, 0.25) is 5.78 Å². The highest BCUT2D eigenvalue weighted by atomic mass is 32.1. The third kappa shape index (κ3) is 3.50. The normalized spacial score (nSPS) is 15.9. The molecule has 0 saturated carbocycles. The van der Waals surface area contributed by atoms with Crippen LogP contribution in [0.15, 0.2) is 89.5 Å². The summed E-state index contributed by atoms with van der Waals surface area (Å²) < 4.78 is 5.55. The second-order valence-electron chi connectivity index (χ2n) is 7.80. The smallest absolute Gasteiger partial charge is 0.294 e. The Hall–Kier alpha value is -4.10. The first-order valence-electron chi connectivity index (χ1n) is 10.8. The number of hydrogen-bond acceptors (Lipinski definition) is 6. The molecule has 2 N–H and O–H groups in total. The number of Topliss-reactive ketones (excluding diaryl/α,β-unsaturated/α-hetero) is 1. The molecule has 3 aromatic carbocycles. The Kier molecular flexibility index (Phi) is 5.55. The Balaban J connectivity index is 1.74. The van der Waals surface area contributed by atoms with Crippen molar-refractivity contribution in [1.29, 1.82) is 0 Å². The van der Waals surface area contributed by atoms with Crippen LogP contribution in [0.25, 0.3) is 10.8 Å². The molecule has 1 aliphatic heterocycles. The quantitative estimate of drug-likeness (QED) is 0.348. The van der Waals surface area contributed by atoms with Crippen molar-refractivity contribution in [3.63, 3.8) is 0 Å². The number of rotatable bonds is 6. The molecule has 0 radical (unpaired) electrons.